The summed E-state index contributed by atoms with van der Waals surface area (Å²) in [5.74, 6) is -0.190. The van der Waals surface area contributed by atoms with E-state index in [4.69, 9.17) is 0 Å². The van der Waals surface area contributed by atoms with E-state index in [1.54, 1.807) is 18.3 Å². The number of aromatic amines is 1. The largest absolute Gasteiger partial charge is 0.327 e. The van der Waals surface area contributed by atoms with Crippen LogP contribution in [0.3, 0.4) is 0 Å². The zero-order valence-corrected chi connectivity index (χ0v) is 12.0. The summed E-state index contributed by atoms with van der Waals surface area (Å²) in [6, 6.07) is 11.2. The lowest BCUT2D eigenvalue weighted by Gasteiger charge is -2.05. The molecule has 3 N–H and O–H groups in total. The number of carbonyl (C=O) groups is 2. The van der Waals surface area contributed by atoms with Crippen LogP contribution >= 0.6 is 0 Å². The highest BCUT2D eigenvalue weighted by Gasteiger charge is 2.26. The number of fused-ring (bicyclic) bond motifs is 2. The first-order valence-corrected chi connectivity index (χ1v) is 7.06. The Bertz CT molecular complexity index is 972. The molecular weight excluding hydrogens is 292 g/mol. The number of rotatable bonds is 3. The second-order valence-corrected chi connectivity index (χ2v) is 5.22. The molecule has 1 aliphatic rings. The first-order chi connectivity index (χ1) is 11.3. The van der Waals surface area contributed by atoms with Crippen LogP contribution in [-0.2, 0) is 9.59 Å². The van der Waals surface area contributed by atoms with Crippen LogP contribution in [0.15, 0.2) is 42.6 Å². The first kappa shape index (κ1) is 13.3. The highest BCUT2D eigenvalue weighted by Crippen LogP contribution is 2.38. The molecular formula is C17H12N4O2. The summed E-state index contributed by atoms with van der Waals surface area (Å²) < 4.78 is 0. The molecule has 112 valence electrons. The number of para-hydroxylation sites is 1. The van der Waals surface area contributed by atoms with Crippen LogP contribution < -0.4 is 10.6 Å². The van der Waals surface area contributed by atoms with Crippen molar-refractivity contribution in [3.05, 3.63) is 53.7 Å². The van der Waals surface area contributed by atoms with Crippen molar-refractivity contribution in [3.8, 4) is 0 Å². The van der Waals surface area contributed by atoms with Crippen molar-refractivity contribution in [2.24, 2.45) is 0 Å². The number of anilines is 2. The molecule has 0 unspecified atom stereocenters. The van der Waals surface area contributed by atoms with Crippen LogP contribution in [0.4, 0.5) is 11.4 Å². The van der Waals surface area contributed by atoms with E-state index in [1.165, 1.54) is 0 Å². The standard InChI is InChI=1S/C17H12N4O2/c22-9-18-14-3-1-2-12-13(17(23)20-16(12)14)6-10-4-5-11-8-19-21-15(11)7-10/h1-9H,(H,18,22)(H,19,21)(H,20,23)/b13-6-. The molecule has 6 nitrogen and oxygen atoms in total. The summed E-state index contributed by atoms with van der Waals surface area (Å²) in [5, 5.41) is 13.3. The van der Waals surface area contributed by atoms with Gasteiger partial charge in [-0.2, -0.15) is 5.10 Å². The fourth-order valence-corrected chi connectivity index (χ4v) is 2.75. The molecule has 1 aliphatic heterocycles. The van der Waals surface area contributed by atoms with Crippen molar-refractivity contribution in [3.63, 3.8) is 0 Å². The highest BCUT2D eigenvalue weighted by atomic mass is 16.2. The van der Waals surface area contributed by atoms with Gasteiger partial charge in [0.1, 0.15) is 0 Å². The zero-order chi connectivity index (χ0) is 15.8. The Morgan fingerprint density at radius 2 is 2.09 bits per heavy atom. The second kappa shape index (κ2) is 5.10. The van der Waals surface area contributed by atoms with Crippen LogP contribution in [0, 0.1) is 0 Å². The Labute approximate surface area is 131 Å². The molecule has 0 fully saturated rings. The number of amides is 2. The van der Waals surface area contributed by atoms with Gasteiger partial charge in [-0.3, -0.25) is 14.7 Å². The van der Waals surface area contributed by atoms with Crippen LogP contribution in [-0.4, -0.2) is 22.5 Å². The Balaban J connectivity index is 1.82. The third kappa shape index (κ3) is 2.17. The Morgan fingerprint density at radius 1 is 1.17 bits per heavy atom. The van der Waals surface area contributed by atoms with Gasteiger partial charge in [0.05, 0.1) is 23.1 Å². The lowest BCUT2D eigenvalue weighted by Crippen LogP contribution is -2.05. The summed E-state index contributed by atoms with van der Waals surface area (Å²) in [6.07, 6.45) is 4.17. The molecule has 0 bridgehead atoms. The Kier molecular flexibility index (Phi) is 2.94. The molecule has 2 amide bonds. The maximum Gasteiger partial charge on any atom is 0.256 e. The molecule has 0 spiro atoms. The van der Waals surface area contributed by atoms with Gasteiger partial charge in [0, 0.05) is 16.5 Å². The van der Waals surface area contributed by atoms with Crippen molar-refractivity contribution in [1.29, 1.82) is 0 Å². The second-order valence-electron chi connectivity index (χ2n) is 5.22. The van der Waals surface area contributed by atoms with Crippen molar-refractivity contribution >= 4 is 46.2 Å². The van der Waals surface area contributed by atoms with Gasteiger partial charge < -0.3 is 10.6 Å². The van der Waals surface area contributed by atoms with Gasteiger partial charge in [-0.15, -0.1) is 0 Å². The first-order valence-electron chi connectivity index (χ1n) is 7.06. The summed E-state index contributed by atoms with van der Waals surface area (Å²) in [7, 11) is 0. The normalized spacial score (nSPS) is 14.8. The molecule has 0 saturated heterocycles. The quantitative estimate of drug-likeness (QED) is 0.513. The number of nitrogens with one attached hydrogen (secondary N) is 3. The van der Waals surface area contributed by atoms with Crippen LogP contribution in [0.1, 0.15) is 11.1 Å². The lowest BCUT2D eigenvalue weighted by molar-refractivity contribution is -0.110. The van der Waals surface area contributed by atoms with E-state index < -0.39 is 0 Å². The number of H-pyrrole nitrogens is 1. The molecule has 1 aromatic heterocycles. The predicted molar refractivity (Wildman–Crippen MR) is 88.7 cm³/mol. The van der Waals surface area contributed by atoms with Gasteiger partial charge in [0.2, 0.25) is 6.41 Å². The molecule has 2 heterocycles. The van der Waals surface area contributed by atoms with E-state index in [2.05, 4.69) is 20.8 Å². The fraction of sp³-hybridized carbons (Fsp3) is 0. The smallest absolute Gasteiger partial charge is 0.256 e. The molecule has 6 heteroatoms. The molecule has 0 saturated carbocycles. The maximum absolute atomic E-state index is 12.3. The number of hydrogen-bond acceptors (Lipinski definition) is 3. The minimum absolute atomic E-state index is 0.190. The van der Waals surface area contributed by atoms with Crippen LogP contribution in [0.25, 0.3) is 22.6 Å². The SMILES string of the molecule is O=CNc1cccc2c1NC(=O)/C2=C\c1ccc2cn[nH]c2c1. The highest BCUT2D eigenvalue weighted by molar-refractivity contribution is 6.36. The zero-order valence-electron chi connectivity index (χ0n) is 12.0. The molecule has 2 aromatic carbocycles. The van der Waals surface area contributed by atoms with Crippen molar-refractivity contribution in [1.82, 2.24) is 10.2 Å². The average molecular weight is 304 g/mol. The van der Waals surface area contributed by atoms with E-state index in [9.17, 15) is 9.59 Å². The fourth-order valence-electron chi connectivity index (χ4n) is 2.75. The molecule has 0 radical (unpaired) electrons. The summed E-state index contributed by atoms with van der Waals surface area (Å²) in [4.78, 5) is 23.0. The molecule has 0 aliphatic carbocycles. The average Bonchev–Trinajstić information content (AvgIpc) is 3.13. The van der Waals surface area contributed by atoms with E-state index in [1.807, 2.05) is 30.3 Å². The summed E-state index contributed by atoms with van der Waals surface area (Å²) in [6.45, 7) is 0. The molecule has 3 aromatic rings. The van der Waals surface area contributed by atoms with Crippen LogP contribution in [0.2, 0.25) is 0 Å². The van der Waals surface area contributed by atoms with E-state index in [0.29, 0.717) is 23.4 Å². The number of hydrogen-bond donors (Lipinski definition) is 3. The van der Waals surface area contributed by atoms with Crippen LogP contribution in [0.5, 0.6) is 0 Å². The van der Waals surface area contributed by atoms with E-state index in [-0.39, 0.29) is 5.91 Å². The molecule has 0 atom stereocenters. The topological polar surface area (TPSA) is 86.9 Å². The van der Waals surface area contributed by atoms with E-state index >= 15 is 0 Å². The number of aromatic nitrogens is 2. The lowest BCUT2D eigenvalue weighted by atomic mass is 10.0. The molecule has 23 heavy (non-hydrogen) atoms. The predicted octanol–water partition coefficient (Wildman–Crippen LogP) is 2.62. The van der Waals surface area contributed by atoms with Gasteiger partial charge in [0.25, 0.3) is 5.91 Å². The van der Waals surface area contributed by atoms with Crippen molar-refractivity contribution < 1.29 is 9.59 Å². The Hall–Kier alpha value is -3.41. The third-order valence-electron chi connectivity index (χ3n) is 3.83. The van der Waals surface area contributed by atoms with Crippen molar-refractivity contribution in [2.45, 2.75) is 0 Å². The van der Waals surface area contributed by atoms with E-state index in [0.717, 1.165) is 22.0 Å². The van der Waals surface area contributed by atoms with Crippen molar-refractivity contribution in [2.75, 3.05) is 10.6 Å². The maximum atomic E-state index is 12.3. The monoisotopic (exact) mass is 304 g/mol. The number of carbonyl (C=O) groups excluding carboxylic acids is 2. The number of nitrogens with zero attached hydrogens (tertiary/aromatic N) is 1. The minimum Gasteiger partial charge on any atom is -0.327 e. The summed E-state index contributed by atoms with van der Waals surface area (Å²) in [5.41, 5.74) is 4.35. The van der Waals surface area contributed by atoms with Gasteiger partial charge in [0.15, 0.2) is 0 Å². The van der Waals surface area contributed by atoms with Gasteiger partial charge >= 0.3 is 0 Å². The third-order valence-corrected chi connectivity index (χ3v) is 3.83. The van der Waals surface area contributed by atoms with Gasteiger partial charge in [-0.1, -0.05) is 24.3 Å². The van der Waals surface area contributed by atoms with Gasteiger partial charge in [-0.25, -0.2) is 0 Å². The summed E-state index contributed by atoms with van der Waals surface area (Å²) >= 11 is 0. The minimum atomic E-state index is -0.190. The van der Waals surface area contributed by atoms with Gasteiger partial charge in [-0.05, 0) is 23.8 Å². The Morgan fingerprint density at radius 3 is 2.96 bits per heavy atom. The molecule has 4 rings (SSSR count). The number of benzene rings is 2.